The molecule has 11 heteroatoms. The molecule has 0 saturated heterocycles. The average Bonchev–Trinajstić information content (AvgIpc) is 3.67. The molecule has 196 valence electrons. The zero-order chi connectivity index (χ0) is 26.8. The highest BCUT2D eigenvalue weighted by Crippen LogP contribution is 2.37. The lowest BCUT2D eigenvalue weighted by atomic mass is 10.0. The number of hydrogen-bond donors (Lipinski definition) is 4. The summed E-state index contributed by atoms with van der Waals surface area (Å²) in [5, 5.41) is 3.96. The van der Waals surface area contributed by atoms with Crippen LogP contribution in [0.3, 0.4) is 0 Å². The number of ether oxygens (including phenoxy) is 1. The number of anilines is 2. The van der Waals surface area contributed by atoms with Crippen molar-refractivity contribution in [3.05, 3.63) is 70.9 Å². The summed E-state index contributed by atoms with van der Waals surface area (Å²) in [6, 6.07) is 13.4. The smallest absolute Gasteiger partial charge is 0.273 e. The fourth-order valence-corrected chi connectivity index (χ4v) is 5.69. The van der Waals surface area contributed by atoms with Gasteiger partial charge in [-0.2, -0.15) is 4.37 Å². The second-order valence-corrected chi connectivity index (χ2v) is 9.97. The Balaban J connectivity index is 1.70. The van der Waals surface area contributed by atoms with Gasteiger partial charge in [0.25, 0.3) is 11.8 Å². The van der Waals surface area contributed by atoms with E-state index in [9.17, 15) is 14.4 Å². The molecule has 4 aromatic rings. The van der Waals surface area contributed by atoms with E-state index in [-0.39, 0.29) is 28.2 Å². The molecule has 1 atom stereocenters. The van der Waals surface area contributed by atoms with Crippen molar-refractivity contribution < 1.29 is 19.1 Å². The number of fused-ring (bicyclic) bond motifs is 1. The van der Waals surface area contributed by atoms with Crippen molar-refractivity contribution in [1.29, 1.82) is 0 Å². The molecule has 0 aliphatic heterocycles. The molecule has 0 spiro atoms. The summed E-state index contributed by atoms with van der Waals surface area (Å²) in [4.78, 5) is 44.8. The van der Waals surface area contributed by atoms with Gasteiger partial charge < -0.3 is 26.5 Å². The van der Waals surface area contributed by atoms with Gasteiger partial charge in [-0.15, -0.1) is 0 Å². The summed E-state index contributed by atoms with van der Waals surface area (Å²) < 4.78 is 9.43. The molecule has 5 rings (SSSR count). The first-order chi connectivity index (χ1) is 18.4. The predicted molar refractivity (Wildman–Crippen MR) is 146 cm³/mol. The third-order valence-electron chi connectivity index (χ3n) is 6.83. The number of aromatic nitrogens is 2. The normalized spacial score (nSPS) is 14.3. The number of primary amides is 1. The quantitative estimate of drug-likeness (QED) is 0.271. The number of nitrogens with one attached hydrogen (secondary N) is 2. The maximum absolute atomic E-state index is 14.2. The van der Waals surface area contributed by atoms with E-state index in [2.05, 4.69) is 14.7 Å². The van der Waals surface area contributed by atoms with Gasteiger partial charge in [-0.3, -0.25) is 19.3 Å². The summed E-state index contributed by atoms with van der Waals surface area (Å²) in [5.74, 6) is -1.24. The maximum Gasteiger partial charge on any atom is 0.273 e. The molecule has 10 nitrogen and oxygen atoms in total. The van der Waals surface area contributed by atoms with Gasteiger partial charge in [0, 0.05) is 40.5 Å². The highest BCUT2D eigenvalue weighted by molar-refractivity contribution is 7.09. The Hall–Kier alpha value is -4.38. The van der Waals surface area contributed by atoms with Gasteiger partial charge in [0.15, 0.2) is 5.69 Å². The third kappa shape index (κ3) is 4.68. The molecule has 0 unspecified atom stereocenters. The van der Waals surface area contributed by atoms with Crippen molar-refractivity contribution in [2.45, 2.75) is 37.8 Å². The first-order valence-corrected chi connectivity index (χ1v) is 13.0. The number of carbonyl (C=O) groups is 3. The van der Waals surface area contributed by atoms with Crippen molar-refractivity contribution in [3.8, 4) is 5.75 Å². The first kappa shape index (κ1) is 25.3. The number of nitrogens with two attached hydrogens (primary N) is 2. The highest BCUT2D eigenvalue weighted by Gasteiger charge is 2.38. The van der Waals surface area contributed by atoms with Crippen LogP contribution < -0.4 is 26.4 Å². The van der Waals surface area contributed by atoms with E-state index in [1.165, 1.54) is 12.0 Å². The minimum atomic E-state index is -1.06. The molecule has 2 aromatic heterocycles. The Kier molecular flexibility index (Phi) is 7.01. The molecular formula is C27H28N6O4S. The number of nitrogen functional groups attached to an aromatic ring is 1. The predicted octanol–water partition coefficient (Wildman–Crippen LogP) is 3.76. The van der Waals surface area contributed by atoms with Crippen LogP contribution in [0.15, 0.2) is 54.7 Å². The van der Waals surface area contributed by atoms with Crippen molar-refractivity contribution >= 4 is 51.5 Å². The van der Waals surface area contributed by atoms with Crippen LogP contribution in [0.1, 0.15) is 57.4 Å². The zero-order valence-electron chi connectivity index (χ0n) is 20.8. The largest absolute Gasteiger partial charge is 0.497 e. The summed E-state index contributed by atoms with van der Waals surface area (Å²) in [6.07, 6.45) is 5.57. The van der Waals surface area contributed by atoms with Gasteiger partial charge in [0.1, 0.15) is 16.7 Å². The SMILES string of the molecule is COc1cccc(N(C(=O)c2snc(C(N)=O)c2N)[C@H](C(=O)NC2CCCC2)c2c[nH]c3ccccc23)c1. The molecule has 3 amide bonds. The topological polar surface area (TPSA) is 156 Å². The Morgan fingerprint density at radius 2 is 1.92 bits per heavy atom. The molecule has 2 heterocycles. The molecule has 2 aromatic carbocycles. The molecule has 0 radical (unpaired) electrons. The van der Waals surface area contributed by atoms with E-state index in [0.29, 0.717) is 17.0 Å². The molecule has 38 heavy (non-hydrogen) atoms. The molecule has 1 fully saturated rings. The van der Waals surface area contributed by atoms with Gasteiger partial charge in [0.05, 0.1) is 12.8 Å². The number of nitrogens with zero attached hydrogens (tertiary/aromatic N) is 2. The van der Waals surface area contributed by atoms with Crippen molar-refractivity contribution in [2.24, 2.45) is 5.73 Å². The number of aromatic amines is 1. The highest BCUT2D eigenvalue weighted by atomic mass is 32.1. The number of amides is 3. The number of rotatable bonds is 8. The summed E-state index contributed by atoms with van der Waals surface area (Å²) >= 11 is 0.771. The van der Waals surface area contributed by atoms with E-state index in [1.807, 2.05) is 24.3 Å². The minimum Gasteiger partial charge on any atom is -0.497 e. The standard InChI is InChI=1S/C27H28N6O4S/c1-37-17-10-6-9-16(13-17)33(27(36)24-21(28)22(25(29)34)32-38-24)23(26(35)31-15-7-2-3-8-15)19-14-30-20-12-5-4-11-18(19)20/h4-6,9-15,23,30H,2-3,7-8,28H2,1H3,(H2,29,34)(H,31,35)/t23-/m0/s1. The van der Waals surface area contributed by atoms with Crippen molar-refractivity contribution in [1.82, 2.24) is 14.7 Å². The Bertz CT molecular complexity index is 1510. The fourth-order valence-electron chi connectivity index (χ4n) is 4.95. The number of methoxy groups -OCH3 is 1. The van der Waals surface area contributed by atoms with E-state index >= 15 is 0 Å². The zero-order valence-corrected chi connectivity index (χ0v) is 21.6. The van der Waals surface area contributed by atoms with Crippen LogP contribution in [-0.4, -0.2) is 40.2 Å². The molecular weight excluding hydrogens is 504 g/mol. The second-order valence-electron chi connectivity index (χ2n) is 9.20. The Morgan fingerprint density at radius 1 is 1.16 bits per heavy atom. The van der Waals surface area contributed by atoms with Gasteiger partial charge in [0.2, 0.25) is 5.91 Å². The van der Waals surface area contributed by atoms with E-state index in [4.69, 9.17) is 16.2 Å². The van der Waals surface area contributed by atoms with Crippen LogP contribution >= 0.6 is 11.5 Å². The van der Waals surface area contributed by atoms with E-state index < -0.39 is 17.9 Å². The minimum absolute atomic E-state index is 0.0140. The summed E-state index contributed by atoms with van der Waals surface area (Å²) in [7, 11) is 1.52. The summed E-state index contributed by atoms with van der Waals surface area (Å²) in [6.45, 7) is 0. The molecule has 0 bridgehead atoms. The van der Waals surface area contributed by atoms with Crippen molar-refractivity contribution in [3.63, 3.8) is 0 Å². The lowest BCUT2D eigenvalue weighted by Crippen LogP contribution is -2.46. The van der Waals surface area contributed by atoms with Crippen LogP contribution in [0.4, 0.5) is 11.4 Å². The van der Waals surface area contributed by atoms with Gasteiger partial charge in [-0.1, -0.05) is 37.1 Å². The number of hydrogen-bond acceptors (Lipinski definition) is 7. The average molecular weight is 533 g/mol. The number of para-hydroxylation sites is 1. The van der Waals surface area contributed by atoms with Gasteiger partial charge in [-0.05, 0) is 42.6 Å². The lowest BCUT2D eigenvalue weighted by molar-refractivity contribution is -0.123. The van der Waals surface area contributed by atoms with E-state index in [1.54, 1.807) is 30.5 Å². The Labute approximate surface area is 223 Å². The molecule has 6 N–H and O–H groups in total. The first-order valence-electron chi connectivity index (χ1n) is 12.3. The fraction of sp³-hybridized carbons (Fsp3) is 0.259. The molecule has 1 aliphatic carbocycles. The third-order valence-corrected chi connectivity index (χ3v) is 7.68. The number of H-pyrrole nitrogens is 1. The number of carbonyl (C=O) groups excluding carboxylic acids is 3. The number of benzene rings is 2. The van der Waals surface area contributed by atoms with Crippen LogP contribution in [-0.2, 0) is 4.79 Å². The van der Waals surface area contributed by atoms with Crippen LogP contribution in [0.2, 0.25) is 0 Å². The van der Waals surface area contributed by atoms with Gasteiger partial charge >= 0.3 is 0 Å². The van der Waals surface area contributed by atoms with E-state index in [0.717, 1.165) is 48.1 Å². The van der Waals surface area contributed by atoms with Crippen LogP contribution in [0.25, 0.3) is 10.9 Å². The van der Waals surface area contributed by atoms with Crippen LogP contribution in [0, 0.1) is 0 Å². The van der Waals surface area contributed by atoms with Gasteiger partial charge in [-0.25, -0.2) is 0 Å². The molecule has 1 saturated carbocycles. The second kappa shape index (κ2) is 10.5. The maximum atomic E-state index is 14.2. The monoisotopic (exact) mass is 532 g/mol. The molecule has 1 aliphatic rings. The lowest BCUT2D eigenvalue weighted by Gasteiger charge is -2.32. The van der Waals surface area contributed by atoms with Crippen LogP contribution in [0.5, 0.6) is 5.75 Å². The Morgan fingerprint density at radius 3 is 2.63 bits per heavy atom. The summed E-state index contributed by atoms with van der Waals surface area (Å²) in [5.41, 5.74) is 13.1. The van der Waals surface area contributed by atoms with Crippen molar-refractivity contribution in [2.75, 3.05) is 17.7 Å².